The third-order valence-corrected chi connectivity index (χ3v) is 4.78. The number of pyridine rings is 1. The molecule has 6 heteroatoms. The van der Waals surface area contributed by atoms with Crippen LogP contribution < -0.4 is 5.32 Å². The molecule has 4 nitrogen and oxygen atoms in total. The minimum absolute atomic E-state index is 0.282. The van der Waals surface area contributed by atoms with E-state index in [1.807, 2.05) is 19.9 Å². The zero-order chi connectivity index (χ0) is 18.7. The average molecular weight is 356 g/mol. The highest BCUT2D eigenvalue weighted by Gasteiger charge is 2.21. The second-order valence-corrected chi connectivity index (χ2v) is 6.83. The van der Waals surface area contributed by atoms with Gasteiger partial charge < -0.3 is 5.32 Å². The first-order valence-electron chi connectivity index (χ1n) is 8.77. The number of hydrogen-bond donors (Lipinski definition) is 1. The van der Waals surface area contributed by atoms with Crippen molar-refractivity contribution in [2.45, 2.75) is 39.3 Å². The van der Waals surface area contributed by atoms with Crippen molar-refractivity contribution in [2.24, 2.45) is 0 Å². The number of nitrogens with one attached hydrogen (secondary N) is 1. The highest BCUT2D eigenvalue weighted by molar-refractivity contribution is 5.60. The largest absolute Gasteiger partial charge is 0.381 e. The molecule has 0 amide bonds. The molecule has 1 aromatic heterocycles. The third kappa shape index (κ3) is 4.17. The standard InChI is InChI=1S/C20H22F2N4/c1-13-9-20(17(11-23)14(2)24-13)25-16-5-7-26(8-6-16)12-15-3-4-18(21)19(22)10-15/h3-4,9-10,16H,5-8,12H2,1-2H3,(H,24,25). The van der Waals surface area contributed by atoms with Gasteiger partial charge in [0.05, 0.1) is 16.9 Å². The van der Waals surface area contributed by atoms with E-state index >= 15 is 0 Å². The van der Waals surface area contributed by atoms with Gasteiger partial charge in [-0.25, -0.2) is 8.78 Å². The fraction of sp³-hybridized carbons (Fsp3) is 0.400. The van der Waals surface area contributed by atoms with Crippen LogP contribution in [0.2, 0.25) is 0 Å². The Morgan fingerprint density at radius 1 is 1.19 bits per heavy atom. The molecule has 2 aromatic rings. The summed E-state index contributed by atoms with van der Waals surface area (Å²) in [5, 5.41) is 12.9. The molecule has 0 bridgehead atoms. The van der Waals surface area contributed by atoms with E-state index in [4.69, 9.17) is 0 Å². The van der Waals surface area contributed by atoms with E-state index in [1.54, 1.807) is 6.07 Å². The number of likely N-dealkylation sites (tertiary alicyclic amines) is 1. The monoisotopic (exact) mass is 356 g/mol. The van der Waals surface area contributed by atoms with Crippen LogP contribution in [0.25, 0.3) is 0 Å². The summed E-state index contributed by atoms with van der Waals surface area (Å²) in [4.78, 5) is 6.58. The van der Waals surface area contributed by atoms with Crippen molar-refractivity contribution in [2.75, 3.05) is 18.4 Å². The molecule has 136 valence electrons. The van der Waals surface area contributed by atoms with Gasteiger partial charge in [0.15, 0.2) is 11.6 Å². The molecule has 1 aromatic carbocycles. The molecular formula is C20H22F2N4. The molecule has 1 N–H and O–H groups in total. The summed E-state index contributed by atoms with van der Waals surface area (Å²) >= 11 is 0. The van der Waals surface area contributed by atoms with E-state index < -0.39 is 11.6 Å². The van der Waals surface area contributed by atoms with Crippen LogP contribution in [0.15, 0.2) is 24.3 Å². The van der Waals surface area contributed by atoms with Crippen LogP contribution in [-0.4, -0.2) is 29.0 Å². The number of piperidine rings is 1. The second kappa shape index (κ2) is 7.79. The molecule has 0 unspecified atom stereocenters. The van der Waals surface area contributed by atoms with Crippen molar-refractivity contribution in [1.29, 1.82) is 5.26 Å². The molecule has 1 aliphatic heterocycles. The molecule has 0 spiro atoms. The minimum atomic E-state index is -0.812. The Hall–Kier alpha value is -2.52. The summed E-state index contributed by atoms with van der Waals surface area (Å²) in [6.07, 6.45) is 1.85. The first kappa shape index (κ1) is 18.3. The Labute approximate surface area is 152 Å². The average Bonchev–Trinajstić information content (AvgIpc) is 2.60. The Morgan fingerprint density at radius 3 is 2.58 bits per heavy atom. The normalized spacial score (nSPS) is 15.7. The zero-order valence-corrected chi connectivity index (χ0v) is 15.0. The predicted octanol–water partition coefficient (Wildman–Crippen LogP) is 3.92. The fourth-order valence-corrected chi connectivity index (χ4v) is 3.44. The maximum Gasteiger partial charge on any atom is 0.159 e. The number of nitriles is 1. The lowest BCUT2D eigenvalue weighted by Gasteiger charge is -2.33. The van der Waals surface area contributed by atoms with Crippen LogP contribution in [0.3, 0.4) is 0 Å². The number of aromatic nitrogens is 1. The number of benzene rings is 1. The predicted molar refractivity (Wildman–Crippen MR) is 96.7 cm³/mol. The number of hydrogen-bond acceptors (Lipinski definition) is 4. The molecule has 0 atom stereocenters. The van der Waals surface area contributed by atoms with Gasteiger partial charge in [-0.2, -0.15) is 5.26 Å². The fourth-order valence-electron chi connectivity index (χ4n) is 3.44. The van der Waals surface area contributed by atoms with Crippen LogP contribution in [-0.2, 0) is 6.54 Å². The van der Waals surface area contributed by atoms with Gasteiger partial charge in [-0.15, -0.1) is 0 Å². The van der Waals surface area contributed by atoms with Crippen LogP contribution in [0.1, 0.15) is 35.4 Å². The van der Waals surface area contributed by atoms with Crippen molar-refractivity contribution < 1.29 is 8.78 Å². The van der Waals surface area contributed by atoms with Gasteiger partial charge in [0.2, 0.25) is 0 Å². The quantitative estimate of drug-likeness (QED) is 0.902. The van der Waals surface area contributed by atoms with E-state index in [2.05, 4.69) is 21.3 Å². The number of rotatable bonds is 4. The Morgan fingerprint density at radius 2 is 1.92 bits per heavy atom. The van der Waals surface area contributed by atoms with Crippen LogP contribution >= 0.6 is 0 Å². The van der Waals surface area contributed by atoms with Gasteiger partial charge in [-0.05, 0) is 50.5 Å². The summed E-state index contributed by atoms with van der Waals surface area (Å²) in [5.41, 5.74) is 3.85. The number of nitrogens with zero attached hydrogens (tertiary/aromatic N) is 3. The molecule has 2 heterocycles. The van der Waals surface area contributed by atoms with Gasteiger partial charge in [0, 0.05) is 31.4 Å². The van der Waals surface area contributed by atoms with Gasteiger partial charge in [0.25, 0.3) is 0 Å². The molecule has 1 fully saturated rings. The SMILES string of the molecule is Cc1cc(NC2CCN(Cc3ccc(F)c(F)c3)CC2)c(C#N)c(C)n1. The van der Waals surface area contributed by atoms with Crippen molar-refractivity contribution in [3.63, 3.8) is 0 Å². The molecule has 1 aliphatic rings. The zero-order valence-electron chi connectivity index (χ0n) is 15.0. The van der Waals surface area contributed by atoms with Crippen molar-refractivity contribution in [3.8, 4) is 6.07 Å². The Kier molecular flexibility index (Phi) is 5.48. The maximum atomic E-state index is 13.3. The van der Waals surface area contributed by atoms with Crippen LogP contribution in [0, 0.1) is 36.8 Å². The summed E-state index contributed by atoms with van der Waals surface area (Å²) < 4.78 is 26.4. The summed E-state index contributed by atoms with van der Waals surface area (Å²) in [6, 6.07) is 8.50. The number of anilines is 1. The molecule has 3 rings (SSSR count). The summed E-state index contributed by atoms with van der Waals surface area (Å²) in [6.45, 7) is 6.11. The highest BCUT2D eigenvalue weighted by Crippen LogP contribution is 2.23. The first-order valence-corrected chi connectivity index (χ1v) is 8.77. The highest BCUT2D eigenvalue weighted by atomic mass is 19.2. The van der Waals surface area contributed by atoms with Gasteiger partial charge in [0.1, 0.15) is 6.07 Å². The second-order valence-electron chi connectivity index (χ2n) is 6.83. The van der Waals surface area contributed by atoms with Crippen molar-refractivity contribution in [3.05, 3.63) is 58.4 Å². The minimum Gasteiger partial charge on any atom is -0.381 e. The van der Waals surface area contributed by atoms with E-state index in [-0.39, 0.29) is 6.04 Å². The molecule has 0 radical (unpaired) electrons. The lowest BCUT2D eigenvalue weighted by molar-refractivity contribution is 0.211. The molecule has 0 saturated carbocycles. The van der Waals surface area contributed by atoms with E-state index in [0.29, 0.717) is 12.1 Å². The number of aryl methyl sites for hydroxylation is 2. The van der Waals surface area contributed by atoms with Crippen LogP contribution in [0.4, 0.5) is 14.5 Å². The number of halogens is 2. The van der Waals surface area contributed by atoms with Crippen LogP contribution in [0.5, 0.6) is 0 Å². The van der Waals surface area contributed by atoms with Crippen molar-refractivity contribution >= 4 is 5.69 Å². The smallest absolute Gasteiger partial charge is 0.159 e. The van der Waals surface area contributed by atoms with Gasteiger partial charge in [-0.1, -0.05) is 6.07 Å². The Bertz CT molecular complexity index is 836. The molecule has 0 aliphatic carbocycles. The van der Waals surface area contributed by atoms with Gasteiger partial charge >= 0.3 is 0 Å². The van der Waals surface area contributed by atoms with E-state index in [9.17, 15) is 14.0 Å². The Balaban J connectivity index is 1.59. The van der Waals surface area contributed by atoms with Gasteiger partial charge in [-0.3, -0.25) is 9.88 Å². The molecular weight excluding hydrogens is 334 g/mol. The first-order chi connectivity index (χ1) is 12.5. The third-order valence-electron chi connectivity index (χ3n) is 4.78. The summed E-state index contributed by atoms with van der Waals surface area (Å²) in [5.74, 6) is -1.61. The molecule has 26 heavy (non-hydrogen) atoms. The summed E-state index contributed by atoms with van der Waals surface area (Å²) in [7, 11) is 0. The lowest BCUT2D eigenvalue weighted by atomic mass is 10.0. The topological polar surface area (TPSA) is 52.0 Å². The lowest BCUT2D eigenvalue weighted by Crippen LogP contribution is -2.38. The van der Waals surface area contributed by atoms with Crippen molar-refractivity contribution in [1.82, 2.24) is 9.88 Å². The van der Waals surface area contributed by atoms with E-state index in [0.717, 1.165) is 48.6 Å². The van der Waals surface area contributed by atoms with E-state index in [1.165, 1.54) is 12.1 Å². The molecule has 1 saturated heterocycles. The maximum absolute atomic E-state index is 13.3.